The fourth-order valence-electron chi connectivity index (χ4n) is 3.88. The van der Waals surface area contributed by atoms with Gasteiger partial charge in [-0.3, -0.25) is 9.69 Å². The van der Waals surface area contributed by atoms with Crippen molar-refractivity contribution >= 4 is 11.9 Å². The third kappa shape index (κ3) is 5.22. The van der Waals surface area contributed by atoms with E-state index in [1.54, 1.807) is 0 Å². The highest BCUT2D eigenvalue weighted by Crippen LogP contribution is 2.21. The van der Waals surface area contributed by atoms with Crippen LogP contribution in [0.5, 0.6) is 0 Å². The average molecular weight is 373 g/mol. The molecule has 6 nitrogen and oxygen atoms in total. The van der Waals surface area contributed by atoms with Gasteiger partial charge in [0.2, 0.25) is 5.91 Å². The number of nitrogens with one attached hydrogen (secondary N) is 1. The van der Waals surface area contributed by atoms with Crippen LogP contribution in [0.4, 0.5) is 4.79 Å². The number of amides is 3. The first-order valence-corrected chi connectivity index (χ1v) is 10.1. The van der Waals surface area contributed by atoms with Crippen molar-refractivity contribution < 1.29 is 9.59 Å². The van der Waals surface area contributed by atoms with E-state index in [1.165, 1.54) is 5.56 Å². The molecule has 0 bridgehead atoms. The Labute approximate surface area is 162 Å². The molecule has 0 unspecified atom stereocenters. The summed E-state index contributed by atoms with van der Waals surface area (Å²) in [7, 11) is 0. The van der Waals surface area contributed by atoms with Crippen molar-refractivity contribution in [1.29, 1.82) is 0 Å². The first-order chi connectivity index (χ1) is 13.0. The van der Waals surface area contributed by atoms with Crippen LogP contribution in [-0.4, -0.2) is 71.9 Å². The summed E-state index contributed by atoms with van der Waals surface area (Å²) >= 11 is 0. The normalized spacial score (nSPS) is 21.6. The molecule has 1 atom stereocenters. The maximum atomic E-state index is 12.9. The zero-order valence-electron chi connectivity index (χ0n) is 16.6. The molecule has 1 N–H and O–H groups in total. The lowest BCUT2D eigenvalue weighted by Gasteiger charge is -2.27. The van der Waals surface area contributed by atoms with E-state index in [9.17, 15) is 9.59 Å². The van der Waals surface area contributed by atoms with E-state index in [4.69, 9.17) is 0 Å². The number of carbonyl (C=O) groups is 2. The Morgan fingerprint density at radius 2 is 1.89 bits per heavy atom. The van der Waals surface area contributed by atoms with E-state index in [0.717, 1.165) is 39.0 Å². The maximum absolute atomic E-state index is 12.9. The lowest BCUT2D eigenvalue weighted by atomic mass is 10.2. The minimum absolute atomic E-state index is 0.0222. The van der Waals surface area contributed by atoms with Gasteiger partial charge in [0, 0.05) is 45.8 Å². The first kappa shape index (κ1) is 19.7. The standard InChI is InChI=1S/C21H32N4O2/c1-17(2)15-22-21(27)24-11-6-10-23(13-14-24)19-9-12-25(20(19)26)16-18-7-4-3-5-8-18/h3-5,7-8,17,19H,6,9-16H2,1-2H3,(H,22,27)/t19-/m0/s1. The highest BCUT2D eigenvalue weighted by Gasteiger charge is 2.36. The van der Waals surface area contributed by atoms with Crippen LogP contribution in [0.2, 0.25) is 0 Å². The first-order valence-electron chi connectivity index (χ1n) is 10.1. The molecule has 2 aliphatic rings. The number of urea groups is 1. The van der Waals surface area contributed by atoms with Crippen molar-refractivity contribution in [2.75, 3.05) is 39.3 Å². The Kier molecular flexibility index (Phi) is 6.72. The lowest BCUT2D eigenvalue weighted by molar-refractivity contribution is -0.132. The molecule has 3 amide bonds. The van der Waals surface area contributed by atoms with Crippen molar-refractivity contribution in [3.63, 3.8) is 0 Å². The molecule has 1 aromatic rings. The summed E-state index contributed by atoms with van der Waals surface area (Å²) in [5, 5.41) is 3.00. The smallest absolute Gasteiger partial charge is 0.317 e. The Morgan fingerprint density at radius 3 is 2.63 bits per heavy atom. The summed E-state index contributed by atoms with van der Waals surface area (Å²) in [4.78, 5) is 31.4. The molecule has 0 saturated carbocycles. The molecule has 2 fully saturated rings. The molecule has 0 aromatic heterocycles. The highest BCUT2D eigenvalue weighted by molar-refractivity contribution is 5.84. The number of rotatable bonds is 5. The van der Waals surface area contributed by atoms with Gasteiger partial charge in [-0.1, -0.05) is 44.2 Å². The van der Waals surface area contributed by atoms with Gasteiger partial charge in [0.05, 0.1) is 6.04 Å². The van der Waals surface area contributed by atoms with Gasteiger partial charge in [0.15, 0.2) is 0 Å². The van der Waals surface area contributed by atoms with E-state index >= 15 is 0 Å². The molecular weight excluding hydrogens is 340 g/mol. The Bertz CT molecular complexity index is 634. The van der Waals surface area contributed by atoms with E-state index in [1.807, 2.05) is 28.0 Å². The van der Waals surface area contributed by atoms with E-state index in [2.05, 4.69) is 36.2 Å². The summed E-state index contributed by atoms with van der Waals surface area (Å²) in [5.74, 6) is 0.681. The zero-order valence-corrected chi connectivity index (χ0v) is 16.6. The second-order valence-electron chi connectivity index (χ2n) is 8.01. The van der Waals surface area contributed by atoms with Crippen molar-refractivity contribution in [3.05, 3.63) is 35.9 Å². The van der Waals surface area contributed by atoms with Crippen molar-refractivity contribution in [1.82, 2.24) is 20.0 Å². The van der Waals surface area contributed by atoms with E-state index in [0.29, 0.717) is 25.6 Å². The summed E-state index contributed by atoms with van der Waals surface area (Å²) in [6, 6.07) is 10.2. The van der Waals surface area contributed by atoms with Crippen LogP contribution in [0, 0.1) is 5.92 Å². The van der Waals surface area contributed by atoms with Crippen molar-refractivity contribution in [2.24, 2.45) is 5.92 Å². The molecule has 2 aliphatic heterocycles. The second-order valence-corrected chi connectivity index (χ2v) is 8.01. The molecule has 1 aromatic carbocycles. The molecule has 27 heavy (non-hydrogen) atoms. The largest absolute Gasteiger partial charge is 0.338 e. The average Bonchev–Trinajstić information content (AvgIpc) is 2.87. The van der Waals surface area contributed by atoms with Crippen LogP contribution in [-0.2, 0) is 11.3 Å². The van der Waals surface area contributed by atoms with Crippen LogP contribution in [0.1, 0.15) is 32.3 Å². The Hall–Kier alpha value is -2.08. The number of benzene rings is 1. The third-order valence-corrected chi connectivity index (χ3v) is 5.41. The topological polar surface area (TPSA) is 55.9 Å². The second kappa shape index (κ2) is 9.22. The molecular formula is C21H32N4O2. The fraction of sp³-hybridized carbons (Fsp3) is 0.619. The predicted molar refractivity (Wildman–Crippen MR) is 106 cm³/mol. The quantitative estimate of drug-likeness (QED) is 0.862. The van der Waals surface area contributed by atoms with Gasteiger partial charge in [-0.25, -0.2) is 4.79 Å². The number of likely N-dealkylation sites (tertiary alicyclic amines) is 1. The molecule has 148 valence electrons. The number of hydrogen-bond donors (Lipinski definition) is 1. The van der Waals surface area contributed by atoms with Gasteiger partial charge < -0.3 is 15.1 Å². The minimum atomic E-state index is -0.0348. The van der Waals surface area contributed by atoms with Crippen LogP contribution in [0.3, 0.4) is 0 Å². The molecule has 0 radical (unpaired) electrons. The molecule has 3 rings (SSSR count). The number of nitrogens with zero attached hydrogens (tertiary/aromatic N) is 3. The van der Waals surface area contributed by atoms with Crippen LogP contribution < -0.4 is 5.32 Å². The SMILES string of the molecule is CC(C)CNC(=O)N1CCCN([C@H]2CCN(Cc3ccccc3)C2=O)CC1. The van der Waals surface area contributed by atoms with Crippen LogP contribution in [0.15, 0.2) is 30.3 Å². The van der Waals surface area contributed by atoms with Gasteiger partial charge in [-0.15, -0.1) is 0 Å². The summed E-state index contributed by atoms with van der Waals surface area (Å²) in [6.07, 6.45) is 1.79. The molecule has 2 heterocycles. The van der Waals surface area contributed by atoms with E-state index < -0.39 is 0 Å². The van der Waals surface area contributed by atoms with E-state index in [-0.39, 0.29) is 18.0 Å². The summed E-state index contributed by atoms with van der Waals surface area (Å²) in [5.41, 5.74) is 1.18. The number of carbonyl (C=O) groups excluding carboxylic acids is 2. The minimum Gasteiger partial charge on any atom is -0.338 e. The summed E-state index contributed by atoms with van der Waals surface area (Å²) < 4.78 is 0. The third-order valence-electron chi connectivity index (χ3n) is 5.41. The van der Waals surface area contributed by atoms with Gasteiger partial charge in [-0.05, 0) is 24.3 Å². The van der Waals surface area contributed by atoms with Gasteiger partial charge in [-0.2, -0.15) is 0 Å². The number of hydrogen-bond acceptors (Lipinski definition) is 3. The summed E-state index contributed by atoms with van der Waals surface area (Å²) in [6.45, 7) is 9.49. The van der Waals surface area contributed by atoms with Crippen LogP contribution >= 0.6 is 0 Å². The predicted octanol–water partition coefficient (Wildman–Crippen LogP) is 2.16. The molecule has 0 aliphatic carbocycles. The maximum Gasteiger partial charge on any atom is 0.317 e. The molecule has 0 spiro atoms. The Morgan fingerprint density at radius 1 is 1.11 bits per heavy atom. The molecule has 6 heteroatoms. The lowest BCUT2D eigenvalue weighted by Crippen LogP contribution is -2.45. The van der Waals surface area contributed by atoms with Gasteiger partial charge >= 0.3 is 6.03 Å². The van der Waals surface area contributed by atoms with Crippen LogP contribution in [0.25, 0.3) is 0 Å². The van der Waals surface area contributed by atoms with Crippen molar-refractivity contribution in [2.45, 2.75) is 39.3 Å². The Balaban J connectivity index is 1.52. The fourth-order valence-corrected chi connectivity index (χ4v) is 3.88. The molecule has 2 saturated heterocycles. The van der Waals surface area contributed by atoms with Crippen molar-refractivity contribution in [3.8, 4) is 0 Å². The van der Waals surface area contributed by atoms with Gasteiger partial charge in [0.25, 0.3) is 0 Å². The zero-order chi connectivity index (χ0) is 19.2. The highest BCUT2D eigenvalue weighted by atomic mass is 16.2. The van der Waals surface area contributed by atoms with Gasteiger partial charge in [0.1, 0.15) is 0 Å². The monoisotopic (exact) mass is 372 g/mol.